The fourth-order valence-corrected chi connectivity index (χ4v) is 3.00. The number of hydrogen-bond donors (Lipinski definition) is 2. The van der Waals surface area contributed by atoms with Gasteiger partial charge in [0.2, 0.25) is 0 Å². The van der Waals surface area contributed by atoms with Gasteiger partial charge in [-0.15, -0.1) is 0 Å². The molecule has 1 amide bonds. The Morgan fingerprint density at radius 1 is 1.19 bits per heavy atom. The largest absolute Gasteiger partial charge is 0.481 e. The van der Waals surface area contributed by atoms with Crippen molar-refractivity contribution in [1.82, 2.24) is 5.32 Å². The van der Waals surface area contributed by atoms with Gasteiger partial charge in [-0.05, 0) is 25.0 Å². The Morgan fingerprint density at radius 2 is 1.76 bits per heavy atom. The lowest BCUT2D eigenvalue weighted by atomic mass is 9.84. The molecule has 0 bridgehead atoms. The first-order valence-electron chi connectivity index (χ1n) is 6.58. The molecule has 1 aromatic rings. The molecule has 0 aromatic heterocycles. The van der Waals surface area contributed by atoms with Crippen molar-refractivity contribution in [3.05, 3.63) is 33.8 Å². The predicted octanol–water partition coefficient (Wildman–Crippen LogP) is 3.10. The molecule has 0 spiro atoms. The molecule has 1 saturated carbocycles. The number of benzene rings is 1. The van der Waals surface area contributed by atoms with E-state index >= 15 is 0 Å². The quantitative estimate of drug-likeness (QED) is 0.869. The average Bonchev–Trinajstić information content (AvgIpc) is 2.37. The zero-order chi connectivity index (χ0) is 15.6. The summed E-state index contributed by atoms with van der Waals surface area (Å²) in [4.78, 5) is 23.2. The molecule has 114 valence electrons. The summed E-state index contributed by atoms with van der Waals surface area (Å²) in [6.07, 6.45) is 2.48. The molecule has 2 rings (SSSR count). The third-order valence-electron chi connectivity index (χ3n) is 3.63. The van der Waals surface area contributed by atoms with E-state index in [1.54, 1.807) is 0 Å². The Bertz CT molecular complexity index is 556. The number of carbonyl (C=O) groups excluding carboxylic acids is 1. The summed E-state index contributed by atoms with van der Waals surface area (Å²) in [6.45, 7) is 0. The van der Waals surface area contributed by atoms with E-state index < -0.39 is 41.0 Å². The number of amides is 1. The molecule has 2 N–H and O–H groups in total. The first-order chi connectivity index (χ1) is 9.90. The second kappa shape index (κ2) is 6.51. The molecule has 0 radical (unpaired) electrons. The van der Waals surface area contributed by atoms with Gasteiger partial charge in [0.05, 0.1) is 5.92 Å². The number of carboxylic acids is 1. The molecule has 1 aromatic carbocycles. The summed E-state index contributed by atoms with van der Waals surface area (Å²) in [5.41, 5.74) is -0.687. The van der Waals surface area contributed by atoms with Gasteiger partial charge in [-0.25, -0.2) is 8.78 Å². The van der Waals surface area contributed by atoms with E-state index in [2.05, 4.69) is 21.2 Å². The Labute approximate surface area is 128 Å². The Hall–Kier alpha value is -1.50. The monoisotopic (exact) mass is 361 g/mol. The van der Waals surface area contributed by atoms with E-state index in [0.29, 0.717) is 12.8 Å². The summed E-state index contributed by atoms with van der Waals surface area (Å²) in [5.74, 6) is -4.61. The van der Waals surface area contributed by atoms with E-state index in [0.717, 1.165) is 25.0 Å². The Morgan fingerprint density at radius 3 is 2.33 bits per heavy atom. The van der Waals surface area contributed by atoms with Gasteiger partial charge in [0, 0.05) is 10.5 Å². The zero-order valence-corrected chi connectivity index (χ0v) is 12.6. The molecule has 21 heavy (non-hydrogen) atoms. The molecule has 7 heteroatoms. The minimum atomic E-state index is -1.00. The minimum absolute atomic E-state index is 0.190. The molecule has 0 heterocycles. The van der Waals surface area contributed by atoms with Gasteiger partial charge < -0.3 is 10.4 Å². The highest BCUT2D eigenvalue weighted by atomic mass is 79.9. The van der Waals surface area contributed by atoms with Crippen molar-refractivity contribution < 1.29 is 23.5 Å². The van der Waals surface area contributed by atoms with Crippen LogP contribution < -0.4 is 5.32 Å². The molecule has 0 saturated heterocycles. The fourth-order valence-electron chi connectivity index (χ4n) is 2.60. The molecule has 4 nitrogen and oxygen atoms in total. The van der Waals surface area contributed by atoms with Gasteiger partial charge in [-0.2, -0.15) is 0 Å². The number of rotatable bonds is 3. The lowest BCUT2D eigenvalue weighted by Crippen LogP contribution is -2.45. The van der Waals surface area contributed by atoms with Crippen LogP contribution in [0.3, 0.4) is 0 Å². The molecule has 1 aliphatic carbocycles. The number of halogens is 3. The lowest BCUT2D eigenvalue weighted by Gasteiger charge is -2.29. The average molecular weight is 362 g/mol. The maximum atomic E-state index is 13.7. The van der Waals surface area contributed by atoms with Gasteiger partial charge in [-0.1, -0.05) is 28.8 Å². The molecular formula is C14H14BrF2NO3. The second-order valence-corrected chi connectivity index (χ2v) is 5.97. The maximum Gasteiger partial charge on any atom is 0.308 e. The fraction of sp³-hybridized carbons (Fsp3) is 0.429. The first-order valence-corrected chi connectivity index (χ1v) is 7.37. The van der Waals surface area contributed by atoms with Crippen molar-refractivity contribution in [1.29, 1.82) is 0 Å². The Balaban J connectivity index is 2.19. The van der Waals surface area contributed by atoms with Crippen LogP contribution in [0.5, 0.6) is 0 Å². The molecule has 0 aliphatic heterocycles. The van der Waals surface area contributed by atoms with Crippen molar-refractivity contribution in [3.8, 4) is 0 Å². The van der Waals surface area contributed by atoms with Gasteiger partial charge in [0.1, 0.15) is 17.2 Å². The van der Waals surface area contributed by atoms with Crippen LogP contribution in [0.1, 0.15) is 36.0 Å². The number of aliphatic carboxylic acids is 1. The minimum Gasteiger partial charge on any atom is -0.481 e. The number of carbonyl (C=O) groups is 2. The van der Waals surface area contributed by atoms with Crippen molar-refractivity contribution in [2.24, 2.45) is 5.92 Å². The molecule has 1 fully saturated rings. The number of carboxylic acid groups (broad SMARTS) is 1. The van der Waals surface area contributed by atoms with E-state index in [1.807, 2.05) is 0 Å². The molecular weight excluding hydrogens is 348 g/mol. The summed E-state index contributed by atoms with van der Waals surface area (Å²) in [5, 5.41) is 11.6. The third-order valence-corrected chi connectivity index (χ3v) is 4.09. The van der Waals surface area contributed by atoms with E-state index in [1.165, 1.54) is 0 Å². The van der Waals surface area contributed by atoms with Gasteiger partial charge in [-0.3, -0.25) is 9.59 Å². The summed E-state index contributed by atoms with van der Waals surface area (Å²) >= 11 is 2.93. The highest BCUT2D eigenvalue weighted by molar-refractivity contribution is 9.10. The van der Waals surface area contributed by atoms with Gasteiger partial charge in [0.25, 0.3) is 5.91 Å². The molecule has 1 aliphatic rings. The van der Waals surface area contributed by atoms with Crippen molar-refractivity contribution in [3.63, 3.8) is 0 Å². The summed E-state index contributed by atoms with van der Waals surface area (Å²) in [7, 11) is 0. The second-order valence-electron chi connectivity index (χ2n) is 5.05. The highest BCUT2D eigenvalue weighted by Gasteiger charge is 2.33. The number of hydrogen-bond acceptors (Lipinski definition) is 2. The van der Waals surface area contributed by atoms with Crippen LogP contribution in [0.2, 0.25) is 0 Å². The maximum absolute atomic E-state index is 13.7. The smallest absolute Gasteiger partial charge is 0.308 e. The van der Waals surface area contributed by atoms with E-state index in [9.17, 15) is 18.4 Å². The van der Waals surface area contributed by atoms with Gasteiger partial charge >= 0.3 is 5.97 Å². The molecule has 2 atom stereocenters. The van der Waals surface area contributed by atoms with Crippen molar-refractivity contribution in [2.45, 2.75) is 31.7 Å². The normalized spacial score (nSPS) is 21.9. The molecule has 2 unspecified atom stereocenters. The van der Waals surface area contributed by atoms with Crippen LogP contribution in [0.4, 0.5) is 8.78 Å². The third kappa shape index (κ3) is 3.58. The van der Waals surface area contributed by atoms with E-state index in [4.69, 9.17) is 5.11 Å². The van der Waals surface area contributed by atoms with E-state index in [-0.39, 0.29) is 4.47 Å². The van der Waals surface area contributed by atoms with Crippen LogP contribution in [0.25, 0.3) is 0 Å². The highest BCUT2D eigenvalue weighted by Crippen LogP contribution is 2.26. The van der Waals surface area contributed by atoms with Crippen LogP contribution in [-0.2, 0) is 4.79 Å². The van der Waals surface area contributed by atoms with Gasteiger partial charge in [0.15, 0.2) is 0 Å². The SMILES string of the molecule is O=C(NC1CCCCC1C(=O)O)c1c(F)cc(Br)cc1F. The van der Waals surface area contributed by atoms with Crippen LogP contribution in [-0.4, -0.2) is 23.0 Å². The topological polar surface area (TPSA) is 66.4 Å². The zero-order valence-electron chi connectivity index (χ0n) is 11.0. The predicted molar refractivity (Wildman–Crippen MR) is 74.9 cm³/mol. The first kappa shape index (κ1) is 15.9. The van der Waals surface area contributed by atoms with Crippen LogP contribution in [0.15, 0.2) is 16.6 Å². The van der Waals surface area contributed by atoms with Crippen molar-refractivity contribution >= 4 is 27.8 Å². The van der Waals surface area contributed by atoms with Crippen molar-refractivity contribution in [2.75, 3.05) is 0 Å². The standard InChI is InChI=1S/C14H14BrF2NO3/c15-7-5-9(16)12(10(17)6-7)13(19)18-11-4-2-1-3-8(11)14(20)21/h5-6,8,11H,1-4H2,(H,18,19)(H,20,21). The number of nitrogens with one attached hydrogen (secondary N) is 1. The Kier molecular flexibility index (Phi) is 4.92. The van der Waals surface area contributed by atoms with Crippen LogP contribution in [0, 0.1) is 17.6 Å². The lowest BCUT2D eigenvalue weighted by molar-refractivity contribution is -0.143. The van der Waals surface area contributed by atoms with Crippen LogP contribution >= 0.6 is 15.9 Å². The summed E-state index contributed by atoms with van der Waals surface area (Å²) in [6, 6.07) is 1.38. The summed E-state index contributed by atoms with van der Waals surface area (Å²) < 4.78 is 27.6.